The van der Waals surface area contributed by atoms with Gasteiger partial charge in [-0.3, -0.25) is 4.98 Å². The fraction of sp³-hybridized carbons (Fsp3) is 0.421. The summed E-state index contributed by atoms with van der Waals surface area (Å²) in [4.78, 5) is 11.5. The lowest BCUT2D eigenvalue weighted by Gasteiger charge is -2.28. The zero-order valence-electron chi connectivity index (χ0n) is 15.2. The van der Waals surface area contributed by atoms with Crippen LogP contribution in [0.25, 0.3) is 16.9 Å². The number of methoxy groups -OCH3 is 1. The molecule has 7 heteroatoms. The van der Waals surface area contributed by atoms with Gasteiger partial charge in [-0.25, -0.2) is 9.50 Å². The average molecular weight is 353 g/mol. The Bertz CT molecular complexity index is 902. The Morgan fingerprint density at radius 1 is 1.23 bits per heavy atom. The molecule has 1 aliphatic heterocycles. The van der Waals surface area contributed by atoms with Crippen LogP contribution in [-0.4, -0.2) is 59.6 Å². The van der Waals surface area contributed by atoms with E-state index in [1.165, 1.54) is 0 Å². The van der Waals surface area contributed by atoms with E-state index in [1.54, 1.807) is 7.11 Å². The number of hydrogen-bond acceptors (Lipinski definition) is 6. The first-order valence-electron chi connectivity index (χ1n) is 8.88. The van der Waals surface area contributed by atoms with Crippen LogP contribution < -0.4 is 4.90 Å². The summed E-state index contributed by atoms with van der Waals surface area (Å²) >= 11 is 0. The minimum absolute atomic E-state index is 0.677. The van der Waals surface area contributed by atoms with Gasteiger partial charge in [-0.15, -0.1) is 0 Å². The lowest BCUT2D eigenvalue weighted by atomic mass is 10.1. The molecule has 26 heavy (non-hydrogen) atoms. The first-order valence-corrected chi connectivity index (χ1v) is 8.88. The van der Waals surface area contributed by atoms with Gasteiger partial charge in [0.25, 0.3) is 0 Å². The van der Waals surface area contributed by atoms with Crippen LogP contribution in [0.2, 0.25) is 0 Å². The van der Waals surface area contributed by atoms with Gasteiger partial charge < -0.3 is 14.4 Å². The van der Waals surface area contributed by atoms with Crippen LogP contribution in [0.3, 0.4) is 0 Å². The Kier molecular flexibility index (Phi) is 4.81. The molecule has 0 unspecified atom stereocenters. The van der Waals surface area contributed by atoms with E-state index in [9.17, 15) is 0 Å². The number of ether oxygens (including phenoxy) is 2. The minimum atomic E-state index is 0.677. The highest BCUT2D eigenvalue weighted by atomic mass is 16.5. The predicted molar refractivity (Wildman–Crippen MR) is 99.6 cm³/mol. The summed E-state index contributed by atoms with van der Waals surface area (Å²) in [5.41, 5.74) is 6.08. The molecule has 0 amide bonds. The highest BCUT2D eigenvalue weighted by molar-refractivity contribution is 5.75. The highest BCUT2D eigenvalue weighted by Gasteiger charge is 2.19. The van der Waals surface area contributed by atoms with Gasteiger partial charge in [0.05, 0.1) is 43.1 Å². The van der Waals surface area contributed by atoms with Gasteiger partial charge in [0.1, 0.15) is 0 Å². The molecular weight excluding hydrogens is 330 g/mol. The Morgan fingerprint density at radius 2 is 2.08 bits per heavy atom. The van der Waals surface area contributed by atoms with Gasteiger partial charge in [-0.05, 0) is 31.0 Å². The summed E-state index contributed by atoms with van der Waals surface area (Å²) in [6, 6.07) is 4.18. The van der Waals surface area contributed by atoms with E-state index >= 15 is 0 Å². The second-order valence-corrected chi connectivity index (χ2v) is 6.42. The summed E-state index contributed by atoms with van der Waals surface area (Å²) in [5.74, 6) is 0. The van der Waals surface area contributed by atoms with Crippen molar-refractivity contribution < 1.29 is 9.47 Å². The molecule has 0 spiro atoms. The molecule has 1 saturated heterocycles. The van der Waals surface area contributed by atoms with Gasteiger partial charge in [0.2, 0.25) is 0 Å². The predicted octanol–water partition coefficient (Wildman–Crippen LogP) is 2.13. The van der Waals surface area contributed by atoms with E-state index < -0.39 is 0 Å². The first kappa shape index (κ1) is 16.9. The second kappa shape index (κ2) is 7.39. The Balaban J connectivity index is 1.78. The lowest BCUT2D eigenvalue weighted by molar-refractivity contribution is 0.123. The third-order valence-electron chi connectivity index (χ3n) is 4.69. The van der Waals surface area contributed by atoms with Crippen molar-refractivity contribution in [1.82, 2.24) is 19.6 Å². The molecule has 3 aromatic rings. The fourth-order valence-electron chi connectivity index (χ4n) is 3.40. The molecule has 4 rings (SSSR count). The standard InChI is InChI=1S/C19H23N5O2/c1-14-18(16-11-15(4-8-25-2)12-20-13-16)24-19(22-14)17(3-5-21-24)23-6-9-26-10-7-23/h3,5,11-13H,4,6-10H2,1-2H3. The van der Waals surface area contributed by atoms with Gasteiger partial charge in [0.15, 0.2) is 5.65 Å². The van der Waals surface area contributed by atoms with Crippen molar-refractivity contribution in [2.75, 3.05) is 44.9 Å². The topological polar surface area (TPSA) is 64.8 Å². The largest absolute Gasteiger partial charge is 0.384 e. The molecule has 0 aromatic carbocycles. The fourth-order valence-corrected chi connectivity index (χ4v) is 3.40. The van der Waals surface area contributed by atoms with Crippen LogP contribution in [0.1, 0.15) is 11.3 Å². The maximum Gasteiger partial charge on any atom is 0.178 e. The van der Waals surface area contributed by atoms with Crippen molar-refractivity contribution >= 4 is 11.3 Å². The van der Waals surface area contributed by atoms with E-state index in [4.69, 9.17) is 14.5 Å². The number of fused-ring (bicyclic) bond motifs is 1. The van der Waals surface area contributed by atoms with Crippen LogP contribution in [0.4, 0.5) is 5.69 Å². The van der Waals surface area contributed by atoms with Crippen LogP contribution in [0.15, 0.2) is 30.7 Å². The average Bonchev–Trinajstić information content (AvgIpc) is 3.03. The van der Waals surface area contributed by atoms with Crippen LogP contribution in [-0.2, 0) is 15.9 Å². The maximum atomic E-state index is 5.47. The summed E-state index contributed by atoms with van der Waals surface area (Å²) in [6.45, 7) is 5.93. The number of nitrogens with zero attached hydrogens (tertiary/aromatic N) is 5. The number of aryl methyl sites for hydroxylation is 1. The number of morpholine rings is 1. The highest BCUT2D eigenvalue weighted by Crippen LogP contribution is 2.29. The summed E-state index contributed by atoms with van der Waals surface area (Å²) < 4.78 is 12.6. The molecule has 136 valence electrons. The number of imidazole rings is 1. The van der Waals surface area contributed by atoms with E-state index in [0.717, 1.165) is 66.6 Å². The van der Waals surface area contributed by atoms with Crippen molar-refractivity contribution in [1.29, 1.82) is 0 Å². The number of rotatable bonds is 5. The van der Waals surface area contributed by atoms with Crippen molar-refractivity contribution in [3.63, 3.8) is 0 Å². The van der Waals surface area contributed by atoms with E-state index in [-0.39, 0.29) is 0 Å². The van der Waals surface area contributed by atoms with Crippen molar-refractivity contribution in [2.45, 2.75) is 13.3 Å². The SMILES string of the molecule is COCCc1cncc(-c2c(C)nc3c(N4CCOCC4)ccnn23)c1. The molecule has 0 radical (unpaired) electrons. The smallest absolute Gasteiger partial charge is 0.178 e. The molecule has 4 heterocycles. The van der Waals surface area contributed by atoms with Gasteiger partial charge in [-0.2, -0.15) is 5.10 Å². The molecule has 0 atom stereocenters. The summed E-state index contributed by atoms with van der Waals surface area (Å²) in [5, 5.41) is 4.57. The van der Waals surface area contributed by atoms with Crippen molar-refractivity contribution in [3.8, 4) is 11.3 Å². The summed E-state index contributed by atoms with van der Waals surface area (Å²) in [7, 11) is 1.71. The lowest BCUT2D eigenvalue weighted by Crippen LogP contribution is -2.36. The van der Waals surface area contributed by atoms with Crippen LogP contribution in [0, 0.1) is 6.92 Å². The third-order valence-corrected chi connectivity index (χ3v) is 4.69. The molecule has 0 N–H and O–H groups in total. The quantitative estimate of drug-likeness (QED) is 0.700. The minimum Gasteiger partial charge on any atom is -0.384 e. The molecule has 7 nitrogen and oxygen atoms in total. The maximum absolute atomic E-state index is 5.47. The van der Waals surface area contributed by atoms with Gasteiger partial charge in [-0.1, -0.05) is 0 Å². The number of pyridine rings is 1. The Labute approximate surface area is 152 Å². The molecular formula is C19H23N5O2. The third kappa shape index (κ3) is 3.15. The van der Waals surface area contributed by atoms with Crippen LogP contribution >= 0.6 is 0 Å². The zero-order chi connectivity index (χ0) is 17.9. The summed E-state index contributed by atoms with van der Waals surface area (Å²) in [6.07, 6.45) is 6.42. The zero-order valence-corrected chi connectivity index (χ0v) is 15.2. The Morgan fingerprint density at radius 3 is 2.88 bits per heavy atom. The normalized spacial score (nSPS) is 14.9. The number of hydrogen-bond donors (Lipinski definition) is 0. The molecule has 0 saturated carbocycles. The molecule has 1 aliphatic rings. The second-order valence-electron chi connectivity index (χ2n) is 6.42. The van der Waals surface area contributed by atoms with Crippen molar-refractivity contribution in [2.24, 2.45) is 0 Å². The van der Waals surface area contributed by atoms with E-state index in [1.807, 2.05) is 36.1 Å². The van der Waals surface area contributed by atoms with E-state index in [0.29, 0.717) is 6.61 Å². The van der Waals surface area contributed by atoms with Crippen LogP contribution in [0.5, 0.6) is 0 Å². The molecule has 0 aliphatic carbocycles. The van der Waals surface area contributed by atoms with Gasteiger partial charge in [0, 0.05) is 38.2 Å². The molecule has 1 fully saturated rings. The number of aromatic nitrogens is 4. The monoisotopic (exact) mass is 353 g/mol. The van der Waals surface area contributed by atoms with Gasteiger partial charge >= 0.3 is 0 Å². The first-order chi connectivity index (χ1) is 12.8. The molecule has 0 bridgehead atoms. The number of anilines is 1. The Hall–Kier alpha value is -2.51. The van der Waals surface area contributed by atoms with E-state index in [2.05, 4.69) is 21.0 Å². The molecule has 3 aromatic heterocycles. The van der Waals surface area contributed by atoms with Crippen molar-refractivity contribution in [3.05, 3.63) is 42.0 Å².